The third-order valence-electron chi connectivity index (χ3n) is 7.20. The van der Waals surface area contributed by atoms with Gasteiger partial charge in [-0.2, -0.15) is 5.10 Å². The number of unbranched alkanes of at least 4 members (excludes halogenated alkanes) is 14. The predicted octanol–water partition coefficient (Wildman–Crippen LogP) is 9.70. The molecule has 36 heavy (non-hydrogen) atoms. The van der Waals surface area contributed by atoms with Crippen molar-refractivity contribution < 1.29 is 4.79 Å². The molecule has 3 nitrogen and oxygen atoms in total. The van der Waals surface area contributed by atoms with Crippen molar-refractivity contribution in [2.24, 2.45) is 5.10 Å². The molecule has 0 atom stereocenters. The summed E-state index contributed by atoms with van der Waals surface area (Å²) < 4.78 is 0. The third-order valence-corrected chi connectivity index (χ3v) is 7.20. The van der Waals surface area contributed by atoms with Crippen molar-refractivity contribution >= 4 is 33.7 Å². The van der Waals surface area contributed by atoms with Crippen molar-refractivity contribution in [3.05, 3.63) is 60.2 Å². The highest BCUT2D eigenvalue weighted by molar-refractivity contribution is 6.13. The van der Waals surface area contributed by atoms with E-state index in [4.69, 9.17) is 0 Å². The molecule has 3 aromatic carbocycles. The first-order valence-corrected chi connectivity index (χ1v) is 14.5. The lowest BCUT2D eigenvalue weighted by Crippen LogP contribution is -2.16. The lowest BCUT2D eigenvalue weighted by molar-refractivity contribution is -0.121. The Balaban J connectivity index is 1.25. The lowest BCUT2D eigenvalue weighted by Gasteiger charge is -2.08. The molecule has 0 unspecified atom stereocenters. The van der Waals surface area contributed by atoms with Crippen molar-refractivity contribution in [2.45, 2.75) is 110 Å². The Bertz CT molecular complexity index is 1020. The van der Waals surface area contributed by atoms with Gasteiger partial charge in [0.25, 0.3) is 0 Å². The minimum absolute atomic E-state index is 0.00508. The Kier molecular flexibility index (Phi) is 13.1. The van der Waals surface area contributed by atoms with Crippen LogP contribution in [-0.2, 0) is 4.79 Å². The molecule has 0 aliphatic rings. The standard InChI is InChI=1S/C33H46N2O/c1-2-3-4-5-6-7-8-9-10-11-12-13-14-15-16-25-33(36)35-34-27-32-30-23-19-17-21-28(30)26-29-22-18-20-24-31(29)32/h17-24,26-27H,2-16,25H2,1H3,(H,35,36). The number of carbonyl (C=O) groups is 1. The molecule has 0 saturated carbocycles. The third kappa shape index (κ3) is 9.76. The maximum Gasteiger partial charge on any atom is 0.240 e. The minimum atomic E-state index is 0.00508. The van der Waals surface area contributed by atoms with Crippen molar-refractivity contribution in [2.75, 3.05) is 0 Å². The number of hydrazone groups is 1. The van der Waals surface area contributed by atoms with Gasteiger partial charge >= 0.3 is 0 Å². The highest BCUT2D eigenvalue weighted by atomic mass is 16.2. The molecule has 0 spiro atoms. The number of hydrogen-bond donors (Lipinski definition) is 1. The second kappa shape index (κ2) is 16.9. The zero-order chi connectivity index (χ0) is 25.3. The Morgan fingerprint density at radius 1 is 0.667 bits per heavy atom. The van der Waals surface area contributed by atoms with Crippen LogP contribution in [0.1, 0.15) is 115 Å². The number of nitrogens with one attached hydrogen (secondary N) is 1. The van der Waals surface area contributed by atoms with Gasteiger partial charge in [-0.05, 0) is 34.0 Å². The van der Waals surface area contributed by atoms with Gasteiger partial charge < -0.3 is 0 Å². The zero-order valence-corrected chi connectivity index (χ0v) is 22.4. The average Bonchev–Trinajstić information content (AvgIpc) is 2.90. The number of nitrogens with zero attached hydrogens (tertiary/aromatic N) is 1. The summed E-state index contributed by atoms with van der Waals surface area (Å²) in [6, 6.07) is 18.9. The fourth-order valence-corrected chi connectivity index (χ4v) is 5.07. The Morgan fingerprint density at radius 3 is 1.61 bits per heavy atom. The molecule has 0 heterocycles. The smallest absolute Gasteiger partial charge is 0.240 e. The largest absolute Gasteiger partial charge is 0.273 e. The van der Waals surface area contributed by atoms with E-state index in [1.807, 2.05) is 12.1 Å². The quantitative estimate of drug-likeness (QED) is 0.0826. The molecule has 3 heteroatoms. The summed E-state index contributed by atoms with van der Waals surface area (Å²) in [5.41, 5.74) is 3.79. The molecule has 1 amide bonds. The molecule has 0 fully saturated rings. The van der Waals surface area contributed by atoms with Crippen LogP contribution in [0.5, 0.6) is 0 Å². The van der Waals surface area contributed by atoms with Crippen LogP contribution in [0.2, 0.25) is 0 Å². The van der Waals surface area contributed by atoms with Gasteiger partial charge in [0.15, 0.2) is 0 Å². The summed E-state index contributed by atoms with van der Waals surface area (Å²) in [5.74, 6) is 0.00508. The molecule has 3 aromatic rings. The van der Waals surface area contributed by atoms with Crippen LogP contribution < -0.4 is 5.43 Å². The molecular weight excluding hydrogens is 440 g/mol. The second-order valence-corrected chi connectivity index (χ2v) is 10.2. The van der Waals surface area contributed by atoms with Crippen molar-refractivity contribution in [3.8, 4) is 0 Å². The second-order valence-electron chi connectivity index (χ2n) is 10.2. The molecular formula is C33H46N2O. The molecule has 0 radical (unpaired) electrons. The first kappa shape index (κ1) is 27.9. The van der Waals surface area contributed by atoms with Gasteiger partial charge in [-0.1, -0.05) is 145 Å². The van der Waals surface area contributed by atoms with Gasteiger partial charge in [0.05, 0.1) is 6.21 Å². The average molecular weight is 487 g/mol. The van der Waals surface area contributed by atoms with E-state index < -0.39 is 0 Å². The molecule has 0 saturated heterocycles. The number of fused-ring (bicyclic) bond motifs is 2. The minimum Gasteiger partial charge on any atom is -0.273 e. The summed E-state index contributed by atoms with van der Waals surface area (Å²) in [7, 11) is 0. The SMILES string of the molecule is CCCCCCCCCCCCCCCCCC(=O)NN=Cc1c2ccccc2cc2ccccc12. The first-order valence-electron chi connectivity index (χ1n) is 14.5. The Labute approximate surface area is 218 Å². The maximum atomic E-state index is 12.3. The molecule has 0 aliphatic heterocycles. The van der Waals surface area contributed by atoms with E-state index in [1.165, 1.54) is 94.2 Å². The Morgan fingerprint density at radius 2 is 1.11 bits per heavy atom. The van der Waals surface area contributed by atoms with Crippen LogP contribution in [0.4, 0.5) is 0 Å². The van der Waals surface area contributed by atoms with E-state index in [0.29, 0.717) is 6.42 Å². The topological polar surface area (TPSA) is 41.5 Å². The molecule has 0 aromatic heterocycles. The predicted molar refractivity (Wildman–Crippen MR) is 157 cm³/mol. The molecule has 3 rings (SSSR count). The zero-order valence-electron chi connectivity index (χ0n) is 22.4. The van der Waals surface area contributed by atoms with E-state index in [9.17, 15) is 4.79 Å². The van der Waals surface area contributed by atoms with E-state index in [-0.39, 0.29) is 5.91 Å². The number of amides is 1. The number of benzene rings is 3. The number of carbonyl (C=O) groups excluding carboxylic acids is 1. The van der Waals surface area contributed by atoms with E-state index in [2.05, 4.69) is 59.9 Å². The number of hydrogen-bond acceptors (Lipinski definition) is 2. The van der Waals surface area contributed by atoms with Gasteiger partial charge in [-0.25, -0.2) is 5.43 Å². The van der Waals surface area contributed by atoms with Crippen LogP contribution in [0.25, 0.3) is 21.5 Å². The summed E-state index contributed by atoms with van der Waals surface area (Å²) in [6.07, 6.45) is 22.3. The van der Waals surface area contributed by atoms with E-state index in [0.717, 1.165) is 29.2 Å². The molecule has 1 N–H and O–H groups in total. The van der Waals surface area contributed by atoms with Crippen LogP contribution in [0.15, 0.2) is 59.7 Å². The van der Waals surface area contributed by atoms with Crippen LogP contribution in [-0.4, -0.2) is 12.1 Å². The van der Waals surface area contributed by atoms with E-state index >= 15 is 0 Å². The van der Waals surface area contributed by atoms with Crippen LogP contribution in [0.3, 0.4) is 0 Å². The first-order chi connectivity index (χ1) is 17.8. The summed E-state index contributed by atoms with van der Waals surface area (Å²) >= 11 is 0. The van der Waals surface area contributed by atoms with Gasteiger partial charge in [0.1, 0.15) is 0 Å². The Hall–Kier alpha value is -2.68. The fourth-order valence-electron chi connectivity index (χ4n) is 5.07. The summed E-state index contributed by atoms with van der Waals surface area (Å²) in [5, 5.41) is 8.97. The molecule has 0 bridgehead atoms. The highest BCUT2D eigenvalue weighted by Gasteiger charge is 2.06. The monoisotopic (exact) mass is 486 g/mol. The van der Waals surface area contributed by atoms with Crippen molar-refractivity contribution in [3.63, 3.8) is 0 Å². The summed E-state index contributed by atoms with van der Waals surface area (Å²) in [6.45, 7) is 2.28. The molecule has 194 valence electrons. The van der Waals surface area contributed by atoms with Gasteiger partial charge in [-0.15, -0.1) is 0 Å². The lowest BCUT2D eigenvalue weighted by atomic mass is 9.97. The normalized spacial score (nSPS) is 11.6. The van der Waals surface area contributed by atoms with Gasteiger partial charge in [0, 0.05) is 12.0 Å². The van der Waals surface area contributed by atoms with Crippen LogP contribution in [0, 0.1) is 0 Å². The maximum absolute atomic E-state index is 12.3. The molecule has 0 aliphatic carbocycles. The highest BCUT2D eigenvalue weighted by Crippen LogP contribution is 2.27. The van der Waals surface area contributed by atoms with Crippen LogP contribution >= 0.6 is 0 Å². The van der Waals surface area contributed by atoms with Gasteiger partial charge in [-0.3, -0.25) is 4.79 Å². The van der Waals surface area contributed by atoms with Crippen molar-refractivity contribution in [1.29, 1.82) is 0 Å². The van der Waals surface area contributed by atoms with Gasteiger partial charge in [0.2, 0.25) is 5.91 Å². The summed E-state index contributed by atoms with van der Waals surface area (Å²) in [4.78, 5) is 12.3. The fraction of sp³-hybridized carbons (Fsp3) is 0.515. The van der Waals surface area contributed by atoms with Crippen molar-refractivity contribution in [1.82, 2.24) is 5.43 Å². The van der Waals surface area contributed by atoms with E-state index in [1.54, 1.807) is 6.21 Å². The number of rotatable bonds is 18.